The lowest BCUT2D eigenvalue weighted by Gasteiger charge is -2.22. The highest BCUT2D eigenvalue weighted by Gasteiger charge is 2.14. The van der Waals surface area contributed by atoms with Gasteiger partial charge in [-0.3, -0.25) is 4.79 Å². The van der Waals surface area contributed by atoms with Crippen molar-refractivity contribution in [2.24, 2.45) is 5.73 Å². The van der Waals surface area contributed by atoms with Crippen molar-refractivity contribution in [3.05, 3.63) is 42.2 Å². The number of tetrazole rings is 1. The molecule has 1 aromatic carbocycles. The number of nitrogens with two attached hydrogens (primary N) is 1. The summed E-state index contributed by atoms with van der Waals surface area (Å²) in [5, 5.41) is 10.8. The maximum absolute atomic E-state index is 12.3. The molecule has 8 heteroatoms. The molecule has 0 spiro atoms. The first-order valence-corrected chi connectivity index (χ1v) is 6.52. The third-order valence-corrected chi connectivity index (χ3v) is 2.89. The lowest BCUT2D eigenvalue weighted by Crippen LogP contribution is -2.35. The number of amides is 1. The number of hydrogen-bond donors (Lipinski definition) is 1. The molecule has 0 aliphatic rings. The van der Waals surface area contributed by atoms with Crippen molar-refractivity contribution in [2.45, 2.75) is 19.5 Å². The highest BCUT2D eigenvalue weighted by atomic mass is 35.5. The molecule has 0 unspecified atom stereocenters. The fourth-order valence-electron chi connectivity index (χ4n) is 1.87. The molecule has 114 valence electrons. The first-order valence-electron chi connectivity index (χ1n) is 6.52. The zero-order valence-corrected chi connectivity index (χ0v) is 12.4. The molecule has 0 saturated heterocycles. The van der Waals surface area contributed by atoms with Gasteiger partial charge in [0.25, 0.3) is 0 Å². The molecule has 2 N–H and O–H groups in total. The smallest absolute Gasteiger partial charge is 0.244 e. The van der Waals surface area contributed by atoms with Crippen LogP contribution in [0.5, 0.6) is 0 Å². The van der Waals surface area contributed by atoms with E-state index in [2.05, 4.69) is 15.5 Å². The Bertz CT molecular complexity index is 519. The largest absolute Gasteiger partial charge is 0.337 e. The van der Waals surface area contributed by atoms with E-state index in [0.29, 0.717) is 19.6 Å². The van der Waals surface area contributed by atoms with Gasteiger partial charge in [0, 0.05) is 13.1 Å². The fraction of sp³-hybridized carbons (Fsp3) is 0.385. The molecule has 2 aromatic rings. The minimum atomic E-state index is -0.0189. The van der Waals surface area contributed by atoms with E-state index >= 15 is 0 Å². The van der Waals surface area contributed by atoms with E-state index in [1.54, 1.807) is 4.90 Å². The van der Waals surface area contributed by atoms with Crippen LogP contribution >= 0.6 is 12.4 Å². The molecule has 0 saturated carbocycles. The second-order valence-corrected chi connectivity index (χ2v) is 4.45. The quantitative estimate of drug-likeness (QED) is 0.803. The Balaban J connectivity index is 0.00000220. The second-order valence-electron chi connectivity index (χ2n) is 4.45. The number of carbonyl (C=O) groups is 1. The lowest BCUT2D eigenvalue weighted by molar-refractivity contribution is -0.132. The predicted molar refractivity (Wildman–Crippen MR) is 80.6 cm³/mol. The van der Waals surface area contributed by atoms with Crippen molar-refractivity contribution >= 4 is 18.3 Å². The van der Waals surface area contributed by atoms with Crippen molar-refractivity contribution in [1.29, 1.82) is 0 Å². The third-order valence-electron chi connectivity index (χ3n) is 2.89. The number of carbonyl (C=O) groups excluding carboxylic acids is 1. The first-order chi connectivity index (χ1) is 9.79. The average molecular weight is 311 g/mol. The molecule has 1 amide bonds. The van der Waals surface area contributed by atoms with E-state index in [-0.39, 0.29) is 24.9 Å². The summed E-state index contributed by atoms with van der Waals surface area (Å²) in [6.07, 6.45) is 2.20. The summed E-state index contributed by atoms with van der Waals surface area (Å²) in [5.74, 6) is -0.0189. The summed E-state index contributed by atoms with van der Waals surface area (Å²) in [6, 6.07) is 9.88. The van der Waals surface area contributed by atoms with Crippen LogP contribution in [0.15, 0.2) is 36.7 Å². The van der Waals surface area contributed by atoms with E-state index in [1.165, 1.54) is 11.0 Å². The molecule has 0 aliphatic carbocycles. The summed E-state index contributed by atoms with van der Waals surface area (Å²) in [6.45, 7) is 1.90. The zero-order valence-electron chi connectivity index (χ0n) is 11.6. The van der Waals surface area contributed by atoms with E-state index in [4.69, 9.17) is 5.73 Å². The van der Waals surface area contributed by atoms with E-state index in [0.717, 1.165) is 12.0 Å². The molecule has 7 nitrogen and oxygen atoms in total. The Morgan fingerprint density at radius 2 is 2.05 bits per heavy atom. The number of aromatic nitrogens is 4. The van der Waals surface area contributed by atoms with Gasteiger partial charge in [0.2, 0.25) is 5.91 Å². The van der Waals surface area contributed by atoms with Crippen molar-refractivity contribution in [3.63, 3.8) is 0 Å². The minimum absolute atomic E-state index is 0. The van der Waals surface area contributed by atoms with E-state index in [1.807, 2.05) is 30.3 Å². The molecule has 1 aromatic heterocycles. The molecule has 0 fully saturated rings. The van der Waals surface area contributed by atoms with Crippen LogP contribution in [0.3, 0.4) is 0 Å². The Labute approximate surface area is 129 Å². The molecule has 21 heavy (non-hydrogen) atoms. The molecule has 0 radical (unpaired) electrons. The normalized spacial score (nSPS) is 9.95. The molecular weight excluding hydrogens is 292 g/mol. The highest BCUT2D eigenvalue weighted by Crippen LogP contribution is 2.06. The number of halogens is 1. The fourth-order valence-corrected chi connectivity index (χ4v) is 1.87. The van der Waals surface area contributed by atoms with Crippen molar-refractivity contribution in [2.75, 3.05) is 13.1 Å². The van der Waals surface area contributed by atoms with Gasteiger partial charge in [0.15, 0.2) is 0 Å². The van der Waals surface area contributed by atoms with Crippen LogP contribution in [0, 0.1) is 0 Å². The summed E-state index contributed by atoms with van der Waals surface area (Å²) in [7, 11) is 0. The van der Waals surface area contributed by atoms with Crippen LogP contribution < -0.4 is 5.73 Å². The number of hydrogen-bond acceptors (Lipinski definition) is 5. The Kier molecular flexibility index (Phi) is 7.34. The van der Waals surface area contributed by atoms with Gasteiger partial charge in [-0.2, -0.15) is 0 Å². The van der Waals surface area contributed by atoms with E-state index < -0.39 is 0 Å². The number of benzene rings is 1. The third kappa shape index (κ3) is 5.49. The summed E-state index contributed by atoms with van der Waals surface area (Å²) in [4.78, 5) is 14.1. The van der Waals surface area contributed by atoms with Crippen molar-refractivity contribution in [3.8, 4) is 0 Å². The molecular formula is C13H19ClN6O. The molecule has 0 bridgehead atoms. The van der Waals surface area contributed by atoms with Crippen LogP contribution in [0.25, 0.3) is 0 Å². The Hall–Kier alpha value is -1.99. The number of nitrogens with zero attached hydrogens (tertiary/aromatic N) is 5. The van der Waals surface area contributed by atoms with Gasteiger partial charge in [-0.1, -0.05) is 30.3 Å². The maximum atomic E-state index is 12.3. The monoisotopic (exact) mass is 310 g/mol. The molecule has 0 aliphatic heterocycles. The van der Waals surface area contributed by atoms with Gasteiger partial charge in [-0.05, 0) is 29.0 Å². The SMILES string of the molecule is Cl.NCCCN(Cc1ccccc1)C(=O)Cn1cnnn1. The topological polar surface area (TPSA) is 89.9 Å². The average Bonchev–Trinajstić information content (AvgIpc) is 2.97. The Morgan fingerprint density at radius 3 is 2.67 bits per heavy atom. The van der Waals surface area contributed by atoms with Crippen LogP contribution in [-0.2, 0) is 17.9 Å². The van der Waals surface area contributed by atoms with Crippen LogP contribution in [0.4, 0.5) is 0 Å². The van der Waals surface area contributed by atoms with Gasteiger partial charge < -0.3 is 10.6 Å². The van der Waals surface area contributed by atoms with Crippen LogP contribution in [-0.4, -0.2) is 44.1 Å². The van der Waals surface area contributed by atoms with Crippen molar-refractivity contribution < 1.29 is 4.79 Å². The standard InChI is InChI=1S/C13H18N6O.ClH/c14-7-4-8-18(9-12-5-2-1-3-6-12)13(20)10-19-11-15-16-17-19;/h1-3,5-6,11H,4,7-10,14H2;1H. The van der Waals surface area contributed by atoms with Gasteiger partial charge in [0.1, 0.15) is 12.9 Å². The summed E-state index contributed by atoms with van der Waals surface area (Å²) >= 11 is 0. The molecule has 2 rings (SSSR count). The highest BCUT2D eigenvalue weighted by molar-refractivity contribution is 5.85. The van der Waals surface area contributed by atoms with Crippen molar-refractivity contribution in [1.82, 2.24) is 25.1 Å². The lowest BCUT2D eigenvalue weighted by atomic mass is 10.2. The van der Waals surface area contributed by atoms with Crippen LogP contribution in [0.1, 0.15) is 12.0 Å². The maximum Gasteiger partial charge on any atom is 0.244 e. The first kappa shape index (κ1) is 17.1. The predicted octanol–water partition coefficient (Wildman–Crippen LogP) is 0.472. The van der Waals surface area contributed by atoms with Crippen LogP contribution in [0.2, 0.25) is 0 Å². The van der Waals surface area contributed by atoms with Gasteiger partial charge >= 0.3 is 0 Å². The van der Waals surface area contributed by atoms with E-state index in [9.17, 15) is 4.79 Å². The second kappa shape index (κ2) is 9.04. The van der Waals surface area contributed by atoms with Gasteiger partial charge in [-0.15, -0.1) is 17.5 Å². The van der Waals surface area contributed by atoms with Gasteiger partial charge in [0.05, 0.1) is 0 Å². The number of rotatable bonds is 7. The zero-order chi connectivity index (χ0) is 14.2. The minimum Gasteiger partial charge on any atom is -0.337 e. The summed E-state index contributed by atoms with van der Waals surface area (Å²) < 4.78 is 1.42. The Morgan fingerprint density at radius 1 is 1.29 bits per heavy atom. The summed E-state index contributed by atoms with van der Waals surface area (Å²) in [5.41, 5.74) is 6.62. The molecule has 1 heterocycles. The van der Waals surface area contributed by atoms with Gasteiger partial charge in [-0.25, -0.2) is 4.68 Å². The molecule has 0 atom stereocenters.